The van der Waals surface area contributed by atoms with Crippen LogP contribution in [0.1, 0.15) is 27.2 Å². The van der Waals surface area contributed by atoms with Gasteiger partial charge in [0.2, 0.25) is 0 Å². The van der Waals surface area contributed by atoms with Crippen LogP contribution < -0.4 is 0 Å². The summed E-state index contributed by atoms with van der Waals surface area (Å²) in [5.74, 6) is 0.228. The summed E-state index contributed by atoms with van der Waals surface area (Å²) in [4.78, 5) is 12.7. The first kappa shape index (κ1) is 9.89. The molecule has 1 aliphatic rings. The van der Waals surface area contributed by atoms with E-state index in [1.54, 1.807) is 0 Å². The van der Waals surface area contributed by atoms with Crippen molar-refractivity contribution in [1.82, 2.24) is 4.90 Å². The number of rotatable bonds is 0. The summed E-state index contributed by atoms with van der Waals surface area (Å²) < 4.78 is 5.10. The molecule has 1 N–H and O–H groups in total. The van der Waals surface area contributed by atoms with Gasteiger partial charge in [-0.3, -0.25) is 4.90 Å². The molecule has 74 valence electrons. The van der Waals surface area contributed by atoms with E-state index < -0.39 is 11.7 Å². The van der Waals surface area contributed by atoms with Gasteiger partial charge in [0.05, 0.1) is 0 Å². The number of hydrogen-bond acceptors (Lipinski definition) is 3. The predicted octanol–water partition coefficient (Wildman–Crippen LogP) is 2.03. The molecule has 1 heterocycles. The van der Waals surface area contributed by atoms with Crippen LogP contribution in [-0.2, 0) is 4.74 Å². The van der Waals surface area contributed by atoms with Gasteiger partial charge in [-0.05, 0) is 20.8 Å². The fraction of sp³-hybridized carbons (Fsp3) is 0.667. The molecule has 4 nitrogen and oxygen atoms in total. The van der Waals surface area contributed by atoms with Crippen molar-refractivity contribution < 1.29 is 14.6 Å². The quantitative estimate of drug-likeness (QED) is 0.628. The highest BCUT2D eigenvalue weighted by molar-refractivity contribution is 5.70. The van der Waals surface area contributed by atoms with E-state index in [9.17, 15) is 4.79 Å². The molecule has 1 rings (SSSR count). The van der Waals surface area contributed by atoms with Crippen LogP contribution in [0.2, 0.25) is 0 Å². The highest BCUT2D eigenvalue weighted by atomic mass is 16.6. The molecule has 4 heteroatoms. The van der Waals surface area contributed by atoms with Gasteiger partial charge in [-0.2, -0.15) is 0 Å². The molecule has 0 saturated heterocycles. The van der Waals surface area contributed by atoms with Crippen LogP contribution in [0, 0.1) is 0 Å². The topological polar surface area (TPSA) is 49.8 Å². The van der Waals surface area contributed by atoms with E-state index in [1.807, 2.05) is 20.8 Å². The summed E-state index contributed by atoms with van der Waals surface area (Å²) in [6.07, 6.45) is 1.52. The van der Waals surface area contributed by atoms with E-state index in [0.29, 0.717) is 13.0 Å². The molecule has 0 unspecified atom stereocenters. The maximum Gasteiger partial charge on any atom is 0.414 e. The van der Waals surface area contributed by atoms with Gasteiger partial charge in [0.1, 0.15) is 11.4 Å². The summed E-state index contributed by atoms with van der Waals surface area (Å²) in [5, 5.41) is 9.06. The van der Waals surface area contributed by atoms with Crippen LogP contribution in [0.3, 0.4) is 0 Å². The number of hydrogen-bond donors (Lipinski definition) is 1. The standard InChI is InChI=1S/C9H15NO3/c1-9(2,3)13-8(12)10-5-4-7(11)6-10/h6,11H,4-5H2,1-3H3. The number of amides is 1. The second-order valence-corrected chi connectivity index (χ2v) is 4.04. The first-order valence-corrected chi connectivity index (χ1v) is 4.28. The fourth-order valence-corrected chi connectivity index (χ4v) is 1.01. The molecule has 0 radical (unpaired) electrons. The van der Waals surface area contributed by atoms with Gasteiger partial charge in [-0.25, -0.2) is 4.79 Å². The van der Waals surface area contributed by atoms with Crippen LogP contribution in [0.5, 0.6) is 0 Å². The maximum atomic E-state index is 11.4. The van der Waals surface area contributed by atoms with E-state index in [-0.39, 0.29) is 5.76 Å². The van der Waals surface area contributed by atoms with Crippen LogP contribution in [-0.4, -0.2) is 28.2 Å². The first-order chi connectivity index (χ1) is 5.88. The Labute approximate surface area is 77.8 Å². The van der Waals surface area contributed by atoms with Crippen molar-refractivity contribution in [2.75, 3.05) is 6.54 Å². The molecule has 1 amide bonds. The van der Waals surface area contributed by atoms with E-state index in [4.69, 9.17) is 9.84 Å². The minimum atomic E-state index is -0.483. The lowest BCUT2D eigenvalue weighted by molar-refractivity contribution is 0.0349. The Balaban J connectivity index is 2.50. The zero-order valence-electron chi connectivity index (χ0n) is 8.20. The highest BCUT2D eigenvalue weighted by Gasteiger charge is 2.24. The number of ether oxygens (including phenoxy) is 1. The predicted molar refractivity (Wildman–Crippen MR) is 48.3 cm³/mol. The van der Waals surface area contributed by atoms with E-state index in [2.05, 4.69) is 0 Å². The largest absolute Gasteiger partial charge is 0.511 e. The molecule has 13 heavy (non-hydrogen) atoms. The average Bonchev–Trinajstić information content (AvgIpc) is 2.31. The molecular formula is C9H15NO3. The van der Waals surface area contributed by atoms with Crippen molar-refractivity contribution in [2.45, 2.75) is 32.8 Å². The average molecular weight is 185 g/mol. The summed E-state index contributed by atoms with van der Waals surface area (Å²) >= 11 is 0. The monoisotopic (exact) mass is 185 g/mol. The number of aliphatic hydroxyl groups is 1. The smallest absolute Gasteiger partial charge is 0.414 e. The van der Waals surface area contributed by atoms with Crippen molar-refractivity contribution in [2.24, 2.45) is 0 Å². The van der Waals surface area contributed by atoms with Crippen molar-refractivity contribution in [3.8, 4) is 0 Å². The molecular weight excluding hydrogens is 170 g/mol. The Bertz CT molecular complexity index is 240. The van der Waals surface area contributed by atoms with Crippen LogP contribution in [0.25, 0.3) is 0 Å². The maximum absolute atomic E-state index is 11.4. The van der Waals surface area contributed by atoms with Crippen LogP contribution in [0.15, 0.2) is 12.0 Å². The molecule has 0 atom stereocenters. The summed E-state index contributed by atoms with van der Waals surface area (Å²) in [6, 6.07) is 0. The van der Waals surface area contributed by atoms with Gasteiger partial charge < -0.3 is 9.84 Å². The highest BCUT2D eigenvalue weighted by Crippen LogP contribution is 2.15. The third-order valence-electron chi connectivity index (χ3n) is 1.54. The van der Waals surface area contributed by atoms with Crippen molar-refractivity contribution >= 4 is 6.09 Å². The van der Waals surface area contributed by atoms with Crippen molar-refractivity contribution in [3.05, 3.63) is 12.0 Å². The summed E-state index contributed by atoms with van der Waals surface area (Å²) in [5.41, 5.74) is -0.483. The first-order valence-electron chi connectivity index (χ1n) is 4.28. The SMILES string of the molecule is CC(C)(C)OC(=O)N1C=C(O)CC1. The Morgan fingerprint density at radius 1 is 1.62 bits per heavy atom. The number of nitrogens with zero attached hydrogens (tertiary/aromatic N) is 1. The molecule has 0 aromatic heterocycles. The molecule has 0 saturated carbocycles. The molecule has 0 spiro atoms. The minimum absolute atomic E-state index is 0.228. The molecule has 0 aromatic rings. The van der Waals surface area contributed by atoms with E-state index >= 15 is 0 Å². The van der Waals surface area contributed by atoms with Crippen LogP contribution in [0.4, 0.5) is 4.79 Å². The lowest BCUT2D eigenvalue weighted by atomic mass is 10.2. The van der Waals surface area contributed by atoms with E-state index in [0.717, 1.165) is 0 Å². The second kappa shape index (κ2) is 3.28. The zero-order chi connectivity index (χ0) is 10.1. The van der Waals surface area contributed by atoms with Gasteiger partial charge in [0.25, 0.3) is 0 Å². The normalized spacial score (nSPS) is 17.2. The number of carbonyl (C=O) groups is 1. The molecule has 1 aliphatic heterocycles. The number of carbonyl (C=O) groups excluding carboxylic acids is 1. The van der Waals surface area contributed by atoms with Crippen LogP contribution >= 0.6 is 0 Å². The lowest BCUT2D eigenvalue weighted by Crippen LogP contribution is -2.32. The third-order valence-corrected chi connectivity index (χ3v) is 1.54. The lowest BCUT2D eigenvalue weighted by Gasteiger charge is -2.22. The third kappa shape index (κ3) is 2.97. The van der Waals surface area contributed by atoms with Gasteiger partial charge in [-0.1, -0.05) is 0 Å². The van der Waals surface area contributed by atoms with Crippen molar-refractivity contribution in [1.29, 1.82) is 0 Å². The Hall–Kier alpha value is -1.19. The van der Waals surface area contributed by atoms with Gasteiger partial charge in [0, 0.05) is 19.2 Å². The Morgan fingerprint density at radius 3 is 2.62 bits per heavy atom. The number of aliphatic hydroxyl groups excluding tert-OH is 1. The van der Waals surface area contributed by atoms with Gasteiger partial charge in [0.15, 0.2) is 0 Å². The molecule has 0 aliphatic carbocycles. The van der Waals surface area contributed by atoms with Gasteiger partial charge >= 0.3 is 6.09 Å². The fourth-order valence-electron chi connectivity index (χ4n) is 1.01. The van der Waals surface area contributed by atoms with Gasteiger partial charge in [-0.15, -0.1) is 0 Å². The second-order valence-electron chi connectivity index (χ2n) is 4.04. The van der Waals surface area contributed by atoms with E-state index in [1.165, 1.54) is 11.1 Å². The summed E-state index contributed by atoms with van der Waals surface area (Å²) in [7, 11) is 0. The molecule has 0 fully saturated rings. The Morgan fingerprint density at radius 2 is 2.23 bits per heavy atom. The Kier molecular flexibility index (Phi) is 2.50. The van der Waals surface area contributed by atoms with Crippen molar-refractivity contribution in [3.63, 3.8) is 0 Å². The molecule has 0 aromatic carbocycles. The zero-order valence-corrected chi connectivity index (χ0v) is 8.20. The molecule has 0 bridgehead atoms. The minimum Gasteiger partial charge on any atom is -0.511 e. The summed E-state index contributed by atoms with van der Waals surface area (Å²) in [6.45, 7) is 5.93.